The maximum atomic E-state index is 12.8. The van der Waals surface area contributed by atoms with Gasteiger partial charge in [0.1, 0.15) is 6.61 Å². The van der Waals surface area contributed by atoms with Gasteiger partial charge in [0.2, 0.25) is 12.0 Å². The molecular formula is C23H24N2O5. The maximum absolute atomic E-state index is 12.8. The second-order valence-electron chi connectivity index (χ2n) is 7.36. The van der Waals surface area contributed by atoms with E-state index in [2.05, 4.69) is 0 Å². The fraction of sp³-hybridized carbons (Fsp3) is 0.348. The third kappa shape index (κ3) is 4.45. The van der Waals surface area contributed by atoms with Gasteiger partial charge in [-0.15, -0.1) is 0 Å². The lowest BCUT2D eigenvalue weighted by Gasteiger charge is -2.37. The Hall–Kier alpha value is -3.35. The molecule has 0 saturated carbocycles. The number of rotatable bonds is 5. The maximum Gasteiger partial charge on any atom is 0.267 e. The van der Waals surface area contributed by atoms with Gasteiger partial charge in [0.25, 0.3) is 5.91 Å². The number of hydrogen-bond donors (Lipinski definition) is 0. The fourth-order valence-electron chi connectivity index (χ4n) is 3.67. The van der Waals surface area contributed by atoms with E-state index < -0.39 is 6.10 Å². The van der Waals surface area contributed by atoms with Crippen molar-refractivity contribution in [2.24, 2.45) is 0 Å². The number of benzene rings is 2. The number of carbonyl (C=O) groups is 3. The molecule has 4 rings (SSSR count). The lowest BCUT2D eigenvalue weighted by atomic mass is 10.1. The molecule has 1 saturated heterocycles. The molecule has 0 unspecified atom stereocenters. The topological polar surface area (TPSA) is 76.2 Å². The van der Waals surface area contributed by atoms with Crippen molar-refractivity contribution in [2.75, 3.05) is 32.8 Å². The number of hydrogen-bond acceptors (Lipinski definition) is 5. The van der Waals surface area contributed by atoms with Crippen molar-refractivity contribution in [1.29, 1.82) is 0 Å². The minimum atomic E-state index is -0.675. The summed E-state index contributed by atoms with van der Waals surface area (Å²) < 4.78 is 11.4. The first-order chi connectivity index (χ1) is 14.6. The minimum absolute atomic E-state index is 0.0347. The number of nitrogens with zero attached hydrogens (tertiary/aromatic N) is 2. The van der Waals surface area contributed by atoms with Crippen LogP contribution in [-0.4, -0.2) is 66.3 Å². The number of amides is 2. The van der Waals surface area contributed by atoms with Crippen molar-refractivity contribution < 1.29 is 23.9 Å². The van der Waals surface area contributed by atoms with Gasteiger partial charge in [0.05, 0.1) is 0 Å². The van der Waals surface area contributed by atoms with Crippen LogP contribution in [0.2, 0.25) is 0 Å². The molecule has 0 aliphatic carbocycles. The third-order valence-electron chi connectivity index (χ3n) is 5.39. The molecule has 0 aromatic heterocycles. The van der Waals surface area contributed by atoms with Crippen LogP contribution >= 0.6 is 0 Å². The van der Waals surface area contributed by atoms with Crippen LogP contribution in [-0.2, 0) is 9.59 Å². The summed E-state index contributed by atoms with van der Waals surface area (Å²) >= 11 is 0. The summed E-state index contributed by atoms with van der Waals surface area (Å²) in [6.07, 6.45) is -0.308. The number of carbonyl (C=O) groups excluding carboxylic acids is 3. The molecule has 2 aliphatic rings. The summed E-state index contributed by atoms with van der Waals surface area (Å²) in [5.74, 6) is 0.988. The van der Waals surface area contributed by atoms with E-state index in [9.17, 15) is 14.4 Å². The zero-order chi connectivity index (χ0) is 20.9. The van der Waals surface area contributed by atoms with Gasteiger partial charge in [0.15, 0.2) is 17.3 Å². The van der Waals surface area contributed by atoms with E-state index in [-0.39, 0.29) is 37.0 Å². The van der Waals surface area contributed by atoms with Gasteiger partial charge >= 0.3 is 0 Å². The second kappa shape index (κ2) is 8.98. The number of fused-ring (bicyclic) bond motifs is 1. The van der Waals surface area contributed by atoms with Gasteiger partial charge in [-0.25, -0.2) is 0 Å². The molecule has 0 radical (unpaired) electrons. The Morgan fingerprint density at radius 1 is 0.800 bits per heavy atom. The van der Waals surface area contributed by atoms with Gasteiger partial charge in [-0.2, -0.15) is 0 Å². The smallest absolute Gasteiger partial charge is 0.267 e. The zero-order valence-corrected chi connectivity index (χ0v) is 16.7. The van der Waals surface area contributed by atoms with Crippen molar-refractivity contribution in [3.8, 4) is 11.5 Å². The Balaban J connectivity index is 1.24. The summed E-state index contributed by atoms with van der Waals surface area (Å²) in [5, 5.41) is 0. The molecule has 2 aliphatic heterocycles. The molecule has 1 atom stereocenters. The van der Waals surface area contributed by atoms with Crippen molar-refractivity contribution in [2.45, 2.75) is 18.9 Å². The highest BCUT2D eigenvalue weighted by atomic mass is 16.6. The van der Waals surface area contributed by atoms with Crippen LogP contribution in [0.3, 0.4) is 0 Å². The van der Waals surface area contributed by atoms with Crippen LogP contribution in [0, 0.1) is 0 Å². The molecular weight excluding hydrogens is 384 g/mol. The molecule has 0 spiro atoms. The van der Waals surface area contributed by atoms with Crippen LogP contribution < -0.4 is 9.47 Å². The molecule has 2 aromatic rings. The molecule has 2 heterocycles. The first kappa shape index (κ1) is 19.9. The summed E-state index contributed by atoms with van der Waals surface area (Å²) in [6.45, 7) is 1.97. The standard InChI is InChI=1S/C23H24N2O5/c26-18(17-6-2-1-3-7-17)10-11-22(27)24-12-14-25(15-13-24)23(28)21-16-29-19-8-4-5-9-20(19)30-21/h1-9,21H,10-16H2/t21-/m1/s1. The first-order valence-electron chi connectivity index (χ1n) is 10.1. The zero-order valence-electron chi connectivity index (χ0n) is 16.7. The number of Topliss-reactive ketones (excluding diaryl/α,β-unsaturated/α-hetero) is 1. The number of ketones is 1. The van der Waals surface area contributed by atoms with Gasteiger partial charge in [-0.3, -0.25) is 14.4 Å². The van der Waals surface area contributed by atoms with E-state index in [1.54, 1.807) is 28.0 Å². The minimum Gasteiger partial charge on any atom is -0.485 e. The monoisotopic (exact) mass is 408 g/mol. The average molecular weight is 408 g/mol. The van der Waals surface area contributed by atoms with Gasteiger partial charge in [-0.1, -0.05) is 42.5 Å². The van der Waals surface area contributed by atoms with Gasteiger partial charge in [-0.05, 0) is 12.1 Å². The molecule has 7 nitrogen and oxygen atoms in total. The highest BCUT2D eigenvalue weighted by Gasteiger charge is 2.33. The summed E-state index contributed by atoms with van der Waals surface area (Å²) in [7, 11) is 0. The van der Waals surface area contributed by atoms with E-state index in [0.29, 0.717) is 43.2 Å². The largest absolute Gasteiger partial charge is 0.485 e. The third-order valence-corrected chi connectivity index (χ3v) is 5.39. The van der Waals surface area contributed by atoms with E-state index >= 15 is 0 Å². The van der Waals surface area contributed by atoms with Crippen LogP contribution in [0.25, 0.3) is 0 Å². The molecule has 30 heavy (non-hydrogen) atoms. The quantitative estimate of drug-likeness (QED) is 0.709. The Morgan fingerprint density at radius 2 is 1.43 bits per heavy atom. The second-order valence-corrected chi connectivity index (χ2v) is 7.36. The van der Waals surface area contributed by atoms with E-state index in [0.717, 1.165) is 0 Å². The van der Waals surface area contributed by atoms with Crippen molar-refractivity contribution in [1.82, 2.24) is 9.80 Å². The lowest BCUT2D eigenvalue weighted by molar-refractivity contribution is -0.146. The average Bonchev–Trinajstić information content (AvgIpc) is 2.82. The van der Waals surface area contributed by atoms with Crippen LogP contribution in [0.4, 0.5) is 0 Å². The summed E-state index contributed by atoms with van der Waals surface area (Å²) in [5.41, 5.74) is 0.622. The highest BCUT2D eigenvalue weighted by molar-refractivity contribution is 5.97. The number of ether oxygens (including phenoxy) is 2. The van der Waals surface area contributed by atoms with Crippen molar-refractivity contribution in [3.63, 3.8) is 0 Å². The Kier molecular flexibility index (Phi) is 5.97. The normalized spacial score (nSPS) is 18.1. The predicted molar refractivity (Wildman–Crippen MR) is 110 cm³/mol. The van der Waals surface area contributed by atoms with E-state index in [4.69, 9.17) is 9.47 Å². The predicted octanol–water partition coefficient (Wildman–Crippen LogP) is 2.16. The Bertz CT molecular complexity index is 922. The van der Waals surface area contributed by atoms with Crippen LogP contribution in [0.15, 0.2) is 54.6 Å². The molecule has 1 fully saturated rings. The van der Waals surface area contributed by atoms with Gasteiger partial charge in [0, 0.05) is 44.6 Å². The first-order valence-corrected chi connectivity index (χ1v) is 10.1. The van der Waals surface area contributed by atoms with Crippen molar-refractivity contribution in [3.05, 3.63) is 60.2 Å². The number of para-hydroxylation sites is 2. The Labute approximate surface area is 175 Å². The molecule has 2 amide bonds. The SMILES string of the molecule is O=C(CCC(=O)N1CCN(C(=O)[C@H]2COc3ccccc3O2)CC1)c1ccccc1. The molecule has 0 N–H and O–H groups in total. The van der Waals surface area contributed by atoms with E-state index in [1.807, 2.05) is 36.4 Å². The molecule has 156 valence electrons. The van der Waals surface area contributed by atoms with Crippen molar-refractivity contribution >= 4 is 17.6 Å². The number of piperazine rings is 1. The summed E-state index contributed by atoms with van der Waals surface area (Å²) in [6, 6.07) is 16.3. The lowest BCUT2D eigenvalue weighted by Crippen LogP contribution is -2.55. The Morgan fingerprint density at radius 3 is 2.17 bits per heavy atom. The molecule has 2 aromatic carbocycles. The summed E-state index contributed by atoms with van der Waals surface area (Å²) in [4.78, 5) is 40.9. The van der Waals surface area contributed by atoms with Crippen LogP contribution in [0.5, 0.6) is 11.5 Å². The molecule has 7 heteroatoms. The van der Waals surface area contributed by atoms with E-state index in [1.165, 1.54) is 0 Å². The fourth-order valence-corrected chi connectivity index (χ4v) is 3.67. The highest BCUT2D eigenvalue weighted by Crippen LogP contribution is 2.31. The van der Waals surface area contributed by atoms with Crippen LogP contribution in [0.1, 0.15) is 23.2 Å². The van der Waals surface area contributed by atoms with Gasteiger partial charge < -0.3 is 19.3 Å². The molecule has 0 bridgehead atoms.